The number of para-hydroxylation sites is 2. The monoisotopic (exact) mass is 850 g/mol. The van der Waals surface area contributed by atoms with Crippen LogP contribution in [0.4, 0.5) is 0 Å². The Morgan fingerprint density at radius 3 is 1.19 bits per heavy atom. The normalized spacial score (nSPS) is 13.3. The minimum Gasteiger partial charge on any atom is -0.344 e. The van der Waals surface area contributed by atoms with Gasteiger partial charge in [0.15, 0.2) is 0 Å². The first-order valence-electron chi connectivity index (χ1n) is 23.5. The summed E-state index contributed by atoms with van der Waals surface area (Å²) in [4.78, 5) is 0. The summed E-state index contributed by atoms with van der Waals surface area (Å²) in [5.74, 6) is 0. The molecule has 0 fully saturated rings. The Labute approximate surface area is 388 Å². The summed E-state index contributed by atoms with van der Waals surface area (Å²) >= 11 is 0. The van der Waals surface area contributed by atoms with Crippen molar-refractivity contribution in [2.75, 3.05) is 0 Å². The lowest BCUT2D eigenvalue weighted by molar-refractivity contribution is 0.794. The van der Waals surface area contributed by atoms with Gasteiger partial charge in [0.2, 0.25) is 0 Å². The van der Waals surface area contributed by atoms with Gasteiger partial charge in [0.05, 0.1) is 5.41 Å². The fraction of sp³-hybridized carbons (Fsp3) is 0.0462. The molecule has 2 aliphatic carbocycles. The van der Waals surface area contributed by atoms with Crippen molar-refractivity contribution in [1.29, 1.82) is 0 Å². The number of benzene rings is 11. The maximum Gasteiger partial charge on any atom is 0.0725 e. The molecule has 0 saturated carbocycles. The first-order valence-corrected chi connectivity index (χ1v) is 23.5. The van der Waals surface area contributed by atoms with Gasteiger partial charge >= 0.3 is 0 Å². The van der Waals surface area contributed by atoms with Crippen LogP contribution in [-0.2, 0) is 19.5 Å². The molecule has 2 heterocycles. The van der Waals surface area contributed by atoms with Gasteiger partial charge in [-0.3, -0.25) is 0 Å². The van der Waals surface area contributed by atoms with E-state index in [2.05, 4.69) is 242 Å². The van der Waals surface area contributed by atoms with Crippen LogP contribution in [0.25, 0.3) is 121 Å². The molecule has 2 aliphatic rings. The lowest BCUT2D eigenvalue weighted by Gasteiger charge is -2.30. The molecule has 0 N–H and O–H groups in total. The molecule has 0 bridgehead atoms. The van der Waals surface area contributed by atoms with Crippen molar-refractivity contribution in [1.82, 2.24) is 9.13 Å². The van der Waals surface area contributed by atoms with Gasteiger partial charge in [0, 0.05) is 57.7 Å². The number of hydrogen-bond donors (Lipinski definition) is 0. The van der Waals surface area contributed by atoms with E-state index < -0.39 is 5.41 Å². The van der Waals surface area contributed by atoms with Crippen LogP contribution < -0.4 is 0 Å². The van der Waals surface area contributed by atoms with Crippen LogP contribution in [0.15, 0.2) is 218 Å². The number of nitrogens with zero attached hydrogens (tertiary/aromatic N) is 2. The standard InChI is InChI=1S/C65H42N2/c1-66-59-30-11-6-18-45(59)53-36-39(32-34-61(53)66)41-21-13-23-47-51(41)38-52-42(40-33-35-62-54(37-40)46-19-7-12-31-60(46)67(62)2)22-14-24-48(52)63(47)50-25-15-29-58-64(50)49-20-5-10-28-57(49)65(58)55-26-8-3-16-43(55)44-17-4-9-27-56(44)65/h3-38H,1-2H3. The summed E-state index contributed by atoms with van der Waals surface area (Å²) in [5.41, 5.74) is 22.7. The zero-order chi connectivity index (χ0) is 44.1. The van der Waals surface area contributed by atoms with Crippen LogP contribution >= 0.6 is 0 Å². The predicted molar refractivity (Wildman–Crippen MR) is 282 cm³/mol. The van der Waals surface area contributed by atoms with Crippen LogP contribution in [0.3, 0.4) is 0 Å². The maximum absolute atomic E-state index is 2.50. The molecular weight excluding hydrogens is 809 g/mol. The molecule has 0 aliphatic heterocycles. The third-order valence-corrected chi connectivity index (χ3v) is 15.8. The van der Waals surface area contributed by atoms with E-state index in [1.54, 1.807) is 0 Å². The van der Waals surface area contributed by atoms with E-state index in [0.29, 0.717) is 0 Å². The van der Waals surface area contributed by atoms with Gasteiger partial charge in [-0.2, -0.15) is 0 Å². The van der Waals surface area contributed by atoms with Gasteiger partial charge in [0.25, 0.3) is 0 Å². The molecule has 67 heavy (non-hydrogen) atoms. The predicted octanol–water partition coefficient (Wildman–Crippen LogP) is 16.6. The largest absolute Gasteiger partial charge is 0.344 e. The number of fused-ring (bicyclic) bond motifs is 18. The third kappa shape index (κ3) is 4.69. The second kappa shape index (κ2) is 13.3. The average molecular weight is 851 g/mol. The summed E-state index contributed by atoms with van der Waals surface area (Å²) in [6, 6.07) is 82.8. The molecule has 11 aromatic carbocycles. The van der Waals surface area contributed by atoms with Crippen molar-refractivity contribution >= 4 is 65.2 Å². The fourth-order valence-electron chi connectivity index (χ4n) is 13.0. The Balaban J connectivity index is 1.07. The zero-order valence-electron chi connectivity index (χ0n) is 37.2. The highest BCUT2D eigenvalue weighted by Gasteiger charge is 2.52. The topological polar surface area (TPSA) is 9.86 Å². The van der Waals surface area contributed by atoms with E-state index in [4.69, 9.17) is 0 Å². The van der Waals surface area contributed by atoms with Crippen molar-refractivity contribution in [2.45, 2.75) is 5.41 Å². The lowest BCUT2D eigenvalue weighted by atomic mass is 9.70. The molecule has 0 saturated heterocycles. The summed E-state index contributed by atoms with van der Waals surface area (Å²) in [6.45, 7) is 0. The molecule has 0 radical (unpaired) electrons. The summed E-state index contributed by atoms with van der Waals surface area (Å²) in [7, 11) is 4.36. The van der Waals surface area contributed by atoms with E-state index in [0.717, 1.165) is 0 Å². The molecule has 1 spiro atoms. The highest BCUT2D eigenvalue weighted by Crippen LogP contribution is 2.64. The molecule has 2 nitrogen and oxygen atoms in total. The van der Waals surface area contributed by atoms with E-state index in [-0.39, 0.29) is 0 Å². The van der Waals surface area contributed by atoms with Crippen LogP contribution in [0.2, 0.25) is 0 Å². The SMILES string of the molecule is Cn1c2ccccc2c2cc(-c3cccc4c(-c5cccc6c5-c5ccccc5C65c6ccccc6-c6ccccc65)c5cccc(-c6ccc7c(c6)c6ccccc6n7C)c5cc34)ccc21. The summed E-state index contributed by atoms with van der Waals surface area (Å²) < 4.78 is 4.65. The first-order chi connectivity index (χ1) is 33.1. The van der Waals surface area contributed by atoms with Gasteiger partial charge in [-0.15, -0.1) is 0 Å². The molecule has 2 heteroatoms. The van der Waals surface area contributed by atoms with Crippen LogP contribution in [-0.4, -0.2) is 9.13 Å². The Hall–Kier alpha value is -8.46. The minimum atomic E-state index is -0.437. The highest BCUT2D eigenvalue weighted by atomic mass is 14.9. The van der Waals surface area contributed by atoms with Gasteiger partial charge in [-0.05, 0) is 142 Å². The average Bonchev–Trinajstić information content (AvgIpc) is 4.06. The number of rotatable bonds is 3. The molecule has 2 aromatic heterocycles. The number of aryl methyl sites for hydroxylation is 2. The van der Waals surface area contributed by atoms with E-state index in [9.17, 15) is 0 Å². The lowest BCUT2D eigenvalue weighted by Crippen LogP contribution is -2.25. The van der Waals surface area contributed by atoms with E-state index in [1.165, 1.54) is 143 Å². The summed E-state index contributed by atoms with van der Waals surface area (Å²) in [6.07, 6.45) is 0. The number of aromatic nitrogens is 2. The Kier molecular flexibility index (Phi) is 7.32. The third-order valence-electron chi connectivity index (χ3n) is 15.8. The smallest absolute Gasteiger partial charge is 0.0725 e. The minimum absolute atomic E-state index is 0.437. The highest BCUT2D eigenvalue weighted by molar-refractivity contribution is 6.22. The van der Waals surface area contributed by atoms with Crippen molar-refractivity contribution < 1.29 is 0 Å². The molecule has 0 atom stereocenters. The molecule has 0 amide bonds. The molecule has 13 aromatic rings. The van der Waals surface area contributed by atoms with Crippen molar-refractivity contribution in [3.8, 4) is 55.6 Å². The molecule has 15 rings (SSSR count). The summed E-state index contributed by atoms with van der Waals surface area (Å²) in [5, 5.41) is 10.1. The Morgan fingerprint density at radius 2 is 0.642 bits per heavy atom. The van der Waals surface area contributed by atoms with Crippen molar-refractivity contribution in [2.24, 2.45) is 14.1 Å². The Bertz CT molecular complexity index is 4080. The van der Waals surface area contributed by atoms with Crippen LogP contribution in [0.5, 0.6) is 0 Å². The second-order valence-electron chi connectivity index (χ2n) is 18.8. The van der Waals surface area contributed by atoms with Crippen LogP contribution in [0.1, 0.15) is 22.3 Å². The van der Waals surface area contributed by atoms with E-state index in [1.807, 2.05) is 0 Å². The van der Waals surface area contributed by atoms with Gasteiger partial charge < -0.3 is 9.13 Å². The van der Waals surface area contributed by atoms with Crippen molar-refractivity contribution in [3.63, 3.8) is 0 Å². The first kappa shape index (κ1) is 36.8. The fourth-order valence-corrected chi connectivity index (χ4v) is 13.0. The van der Waals surface area contributed by atoms with Gasteiger partial charge in [-0.25, -0.2) is 0 Å². The zero-order valence-corrected chi connectivity index (χ0v) is 37.2. The molecule has 0 unspecified atom stereocenters. The number of hydrogen-bond acceptors (Lipinski definition) is 0. The molecular formula is C65H42N2. The quantitative estimate of drug-likeness (QED) is 0.157. The van der Waals surface area contributed by atoms with E-state index >= 15 is 0 Å². The van der Waals surface area contributed by atoms with Crippen LogP contribution in [0, 0.1) is 0 Å². The second-order valence-corrected chi connectivity index (χ2v) is 18.8. The maximum atomic E-state index is 2.50. The van der Waals surface area contributed by atoms with Gasteiger partial charge in [0.1, 0.15) is 0 Å². The Morgan fingerprint density at radius 1 is 0.254 bits per heavy atom. The van der Waals surface area contributed by atoms with Crippen molar-refractivity contribution in [3.05, 3.63) is 241 Å². The van der Waals surface area contributed by atoms with Gasteiger partial charge in [-0.1, -0.05) is 176 Å². The molecule has 312 valence electrons.